The summed E-state index contributed by atoms with van der Waals surface area (Å²) in [6.07, 6.45) is 21.9. The van der Waals surface area contributed by atoms with Gasteiger partial charge in [0.05, 0.1) is 11.5 Å². The van der Waals surface area contributed by atoms with Crippen molar-refractivity contribution in [3.63, 3.8) is 0 Å². The van der Waals surface area contributed by atoms with Crippen molar-refractivity contribution in [2.45, 2.75) is 186 Å². The Hall–Kier alpha value is -16.4. The molecule has 0 heterocycles. The van der Waals surface area contributed by atoms with Crippen LogP contribution in [0.1, 0.15) is 241 Å². The molecule has 3 aliphatic rings. The van der Waals surface area contributed by atoms with Gasteiger partial charge in [-0.15, -0.1) is 25.0 Å². The lowest BCUT2D eigenvalue weighted by Crippen LogP contribution is -2.16. The Morgan fingerprint density at radius 1 is 0.342 bits per heavy atom. The van der Waals surface area contributed by atoms with Crippen LogP contribution < -0.4 is 0 Å². The minimum Gasteiger partial charge on any atom is -0.125 e. The van der Waals surface area contributed by atoms with Crippen molar-refractivity contribution in [2.75, 3.05) is 0 Å². The van der Waals surface area contributed by atoms with Crippen molar-refractivity contribution in [1.82, 2.24) is 0 Å². The smallest absolute Gasteiger partial charge is 0.0677 e. The molecule has 0 radical (unpaired) electrons. The first-order chi connectivity index (χ1) is 55.1. The minimum atomic E-state index is -0.371. The van der Waals surface area contributed by atoms with Crippen molar-refractivity contribution in [1.29, 1.82) is 0 Å². The van der Waals surface area contributed by atoms with Gasteiger partial charge in [-0.3, -0.25) is 0 Å². The van der Waals surface area contributed by atoms with Crippen LogP contribution in [0, 0.1) is 222 Å². The van der Waals surface area contributed by atoms with Gasteiger partial charge in [-0.2, -0.15) is 0 Å². The highest BCUT2D eigenvalue weighted by Crippen LogP contribution is 2.45. The first-order valence-corrected chi connectivity index (χ1v) is 36.2. The van der Waals surface area contributed by atoms with Gasteiger partial charge in [-0.1, -0.05) is 204 Å². The Morgan fingerprint density at radius 3 is 1.22 bits per heavy atom. The third-order valence-electron chi connectivity index (χ3n) is 14.8. The summed E-state index contributed by atoms with van der Waals surface area (Å²) in [5.41, 5.74) is 78.5. The zero-order chi connectivity index (χ0) is 85.0. The van der Waals surface area contributed by atoms with E-state index in [1.807, 2.05) is 47.6 Å². The van der Waals surface area contributed by atoms with Crippen LogP contribution in [0.3, 0.4) is 0 Å². The molecule has 1 atom stereocenters. The maximum Gasteiger partial charge on any atom is 0.0677 e. The first-order valence-electron chi connectivity index (χ1n) is 36.2. The third-order valence-corrected chi connectivity index (χ3v) is 14.8. The number of terminal acetylenes is 3. The summed E-state index contributed by atoms with van der Waals surface area (Å²) in [5.74, 6) is 91.5. The van der Waals surface area contributed by atoms with Crippen molar-refractivity contribution < 1.29 is 0 Å². The van der Waals surface area contributed by atoms with E-state index in [1.165, 1.54) is 33.4 Å². The molecule has 0 fully saturated rings. The summed E-state index contributed by atoms with van der Waals surface area (Å²) in [5, 5.41) is 0. The fraction of sp³-hybridized carbons (Fsp3) is 0.246. The second-order valence-electron chi connectivity index (χ2n) is 25.1. The van der Waals surface area contributed by atoms with Crippen LogP contribution in [-0.4, -0.2) is 0 Å². The quantitative estimate of drug-likeness (QED) is 0.120. The van der Waals surface area contributed by atoms with Crippen LogP contribution in [0.15, 0.2) is 183 Å². The van der Waals surface area contributed by atoms with Gasteiger partial charge in [-0.05, 0) is 398 Å². The average molecular weight is 1450 g/mol. The zero-order valence-corrected chi connectivity index (χ0v) is 69.1. The standard InChI is InChI=1S/C53H24.C35H20.C20H22.3C2H6/c1-8-12-16-20-24-26-29-30-34-39-46-41-38-42-47(40-35-31-28-25-21-17-13-9-2)52-49(44-37-33-27-22-18-14-10-3)48(43-36-32-23-19-15-11-4)51(45-50(46)52)53(5,6)7;1-8-12-16-18-21-22-28-26-29(23-20-17-13-9-2)34-31(25-19-14-10-3)30(24-15-11-4)33(27-32(28)34)35(5,6)7;1-7-9-16-11-10-15(8-2)19-14(3)12-17(13-18(16)19)20(4,5)6;3*1-2/h4,45H,1-2,38,41-42H2,3,5-7H3;2,4,26-27,29H,1,3,5-7H3;12-13H,1-2,10-11H2,3-6H3;3*1-2H3. The van der Waals surface area contributed by atoms with E-state index in [1.54, 1.807) is 20.8 Å². The molecule has 3 aromatic rings. The predicted octanol–water partition coefficient (Wildman–Crippen LogP) is 21.7. The van der Waals surface area contributed by atoms with Gasteiger partial charge < -0.3 is 0 Å². The molecule has 0 N–H and O–H groups in total. The molecule has 114 heavy (non-hydrogen) atoms. The Labute approximate surface area is 684 Å². The van der Waals surface area contributed by atoms with E-state index < -0.39 is 0 Å². The molecule has 0 saturated heterocycles. The SMILES string of the molecule is C#CC#CC#CC#Cc1c(C(C)(C)C)cc2c(c1C#CC#CC#CC#CC)C(=C=C=C=C=C=C=C=C=C=C)CCCC2=C=C=C=C=C=C=C=C=C=C=C.C#CC#CC#CC1C=C(C#CC#CC#CC)c2cc(C(C)(C)C)c(C#CC#C)c(C#CC#CC)c21.C=C=C=C1CCC(=C=C)c2c(C)cc(C(C)(C)C)cc21.CC.CC.CC. The van der Waals surface area contributed by atoms with Crippen molar-refractivity contribution in [2.24, 2.45) is 0 Å². The van der Waals surface area contributed by atoms with Crippen LogP contribution in [0.4, 0.5) is 0 Å². The van der Waals surface area contributed by atoms with Gasteiger partial charge in [0.1, 0.15) is 0 Å². The largest absolute Gasteiger partial charge is 0.125 e. The number of hydrogen-bond acceptors (Lipinski definition) is 0. The molecular weight excluding hydrogens is 1370 g/mol. The summed E-state index contributed by atoms with van der Waals surface area (Å²) in [6.45, 7) is 53.1. The molecule has 1 unspecified atom stereocenters. The van der Waals surface area contributed by atoms with Crippen LogP contribution in [0.25, 0.3) is 27.9 Å². The fourth-order valence-electron chi connectivity index (χ4n) is 10.3. The normalized spacial score (nSPS) is 10.0. The Bertz CT molecular complexity index is 6590. The summed E-state index contributed by atoms with van der Waals surface area (Å²) in [7, 11) is 0. The molecule has 3 aliphatic carbocycles. The molecule has 0 spiro atoms. The molecule has 540 valence electrons. The van der Waals surface area contributed by atoms with E-state index in [0.717, 1.165) is 80.5 Å². The van der Waals surface area contributed by atoms with Gasteiger partial charge in [0.2, 0.25) is 0 Å². The second-order valence-corrected chi connectivity index (χ2v) is 25.1. The van der Waals surface area contributed by atoms with E-state index in [4.69, 9.17) is 19.3 Å². The summed E-state index contributed by atoms with van der Waals surface area (Å²) >= 11 is 0. The van der Waals surface area contributed by atoms with Crippen LogP contribution in [0.2, 0.25) is 0 Å². The Kier molecular flexibility index (Phi) is 46.2. The first kappa shape index (κ1) is 95.6. The minimum absolute atomic E-state index is 0.137. The molecule has 0 nitrogen and oxygen atoms in total. The maximum atomic E-state index is 5.47. The number of aryl methyl sites for hydroxylation is 1. The highest BCUT2D eigenvalue weighted by molar-refractivity contribution is 5.91. The predicted molar refractivity (Wildman–Crippen MR) is 478 cm³/mol. The lowest BCUT2D eigenvalue weighted by Gasteiger charge is -2.27. The number of allylic oxidation sites excluding steroid dienone is 6. The molecule has 0 aromatic heterocycles. The number of benzene rings is 3. The highest BCUT2D eigenvalue weighted by Gasteiger charge is 2.32. The molecule has 0 heteroatoms. The molecule has 6 rings (SSSR count). The monoisotopic (exact) mass is 1450 g/mol. The lowest BCUT2D eigenvalue weighted by atomic mass is 9.77. The Balaban J connectivity index is 0.000000907. The zero-order valence-electron chi connectivity index (χ0n) is 69.1. The van der Waals surface area contributed by atoms with Gasteiger partial charge in [-0.25, -0.2) is 0 Å². The van der Waals surface area contributed by atoms with E-state index in [2.05, 4.69) is 441 Å². The van der Waals surface area contributed by atoms with Crippen molar-refractivity contribution >= 4 is 27.9 Å². The molecule has 0 aliphatic heterocycles. The van der Waals surface area contributed by atoms with Crippen LogP contribution >= 0.6 is 0 Å². The van der Waals surface area contributed by atoms with Gasteiger partial charge in [0, 0.05) is 50.1 Å². The Morgan fingerprint density at radius 2 is 0.728 bits per heavy atom. The van der Waals surface area contributed by atoms with Crippen LogP contribution in [-0.2, 0) is 16.2 Å². The van der Waals surface area contributed by atoms with Gasteiger partial charge in [0.15, 0.2) is 0 Å². The molecular formula is C114H84. The second kappa shape index (κ2) is 55.1. The van der Waals surface area contributed by atoms with E-state index in [0.29, 0.717) is 24.0 Å². The van der Waals surface area contributed by atoms with Crippen molar-refractivity contribution in [3.8, 4) is 215 Å². The van der Waals surface area contributed by atoms with Gasteiger partial charge >= 0.3 is 0 Å². The van der Waals surface area contributed by atoms with E-state index >= 15 is 0 Å². The molecule has 0 amide bonds. The summed E-state index contributed by atoms with van der Waals surface area (Å²) in [6, 6.07) is 8.78. The number of rotatable bonds is 0. The maximum absolute atomic E-state index is 5.47. The van der Waals surface area contributed by atoms with Crippen molar-refractivity contribution in [3.05, 3.63) is 261 Å². The molecule has 0 bridgehead atoms. The average Bonchev–Trinajstić information content (AvgIpc) is 1.45. The van der Waals surface area contributed by atoms with Crippen LogP contribution in [0.5, 0.6) is 0 Å². The number of fused-ring (bicyclic) bond motifs is 3. The molecule has 0 saturated carbocycles. The van der Waals surface area contributed by atoms with Gasteiger partial charge in [0.25, 0.3) is 0 Å². The highest BCUT2D eigenvalue weighted by atomic mass is 14.3. The fourth-order valence-corrected chi connectivity index (χ4v) is 10.3. The van der Waals surface area contributed by atoms with E-state index in [9.17, 15) is 0 Å². The summed E-state index contributed by atoms with van der Waals surface area (Å²) in [4.78, 5) is 0. The topological polar surface area (TPSA) is 0 Å². The summed E-state index contributed by atoms with van der Waals surface area (Å²) < 4.78 is 0. The molecule has 3 aromatic carbocycles. The lowest BCUT2D eigenvalue weighted by molar-refractivity contribution is 0.588. The third kappa shape index (κ3) is 32.8. The van der Waals surface area contributed by atoms with E-state index in [-0.39, 0.29) is 22.2 Å². The number of hydrogen-bond donors (Lipinski definition) is 0.